The molecule has 0 atom stereocenters. The topological polar surface area (TPSA) is 38.9 Å². The fourth-order valence-corrected chi connectivity index (χ4v) is 3.08. The molecule has 0 spiro atoms. The number of rotatable bonds is 2. The van der Waals surface area contributed by atoms with Crippen molar-refractivity contribution in [2.24, 2.45) is 0 Å². The minimum atomic E-state index is 0.703. The lowest BCUT2D eigenvalue weighted by molar-refractivity contribution is 1.39. The second-order valence-electron chi connectivity index (χ2n) is 5.64. The minimum absolute atomic E-state index is 0.703. The third-order valence-corrected chi connectivity index (χ3v) is 4.36. The summed E-state index contributed by atoms with van der Waals surface area (Å²) in [6.45, 7) is 0. The number of nitrogens with two attached hydrogens (primary N) is 1. The lowest BCUT2D eigenvalue weighted by Gasteiger charge is -2.15. The van der Waals surface area contributed by atoms with Crippen LogP contribution in [0.25, 0.3) is 33.3 Å². The van der Waals surface area contributed by atoms with Crippen molar-refractivity contribution in [3.8, 4) is 22.4 Å². The van der Waals surface area contributed by atoms with Gasteiger partial charge in [0.25, 0.3) is 0 Å². The zero-order valence-electron chi connectivity index (χ0n) is 12.9. The summed E-state index contributed by atoms with van der Waals surface area (Å²) < 4.78 is 0. The molecule has 0 saturated carbocycles. The fourth-order valence-electron chi connectivity index (χ4n) is 2.95. The Hall–Kier alpha value is -2.84. The molecule has 0 fully saturated rings. The molecule has 0 bridgehead atoms. The zero-order valence-corrected chi connectivity index (χ0v) is 13.7. The summed E-state index contributed by atoms with van der Waals surface area (Å²) in [7, 11) is 0. The average molecular weight is 331 g/mol. The van der Waals surface area contributed by atoms with Gasteiger partial charge in [0.2, 0.25) is 0 Å². The summed E-state index contributed by atoms with van der Waals surface area (Å²) in [5.41, 5.74) is 12.1. The van der Waals surface area contributed by atoms with Gasteiger partial charge in [-0.25, -0.2) is 4.98 Å². The maximum atomic E-state index is 6.55. The van der Waals surface area contributed by atoms with E-state index in [4.69, 9.17) is 22.3 Å². The minimum Gasteiger partial charge on any atom is -0.398 e. The molecule has 4 aromatic rings. The molecule has 0 aliphatic heterocycles. The molecule has 0 unspecified atom stereocenters. The van der Waals surface area contributed by atoms with Crippen molar-refractivity contribution in [2.45, 2.75) is 0 Å². The molecule has 0 saturated heterocycles. The number of halogens is 1. The summed E-state index contributed by atoms with van der Waals surface area (Å²) >= 11 is 6.04. The molecule has 24 heavy (non-hydrogen) atoms. The smallest absolute Gasteiger partial charge is 0.0808 e. The van der Waals surface area contributed by atoms with Crippen molar-refractivity contribution < 1.29 is 0 Å². The maximum Gasteiger partial charge on any atom is 0.0808 e. The summed E-state index contributed by atoms with van der Waals surface area (Å²) in [5.74, 6) is 0. The standard InChI is InChI=1S/C21H15ClN2/c22-16-12-10-15(11-13-16)21-19(14-6-2-1-3-7-14)20(23)17-8-4-5-9-18(17)24-21/h1-13H,(H2,23,24). The first-order valence-electron chi connectivity index (χ1n) is 7.73. The van der Waals surface area contributed by atoms with Crippen molar-refractivity contribution >= 4 is 28.2 Å². The van der Waals surface area contributed by atoms with Gasteiger partial charge in [-0.3, -0.25) is 0 Å². The second kappa shape index (κ2) is 5.99. The lowest BCUT2D eigenvalue weighted by Crippen LogP contribution is -1.98. The highest BCUT2D eigenvalue weighted by molar-refractivity contribution is 6.30. The molecule has 0 aliphatic carbocycles. The summed E-state index contributed by atoms with van der Waals surface area (Å²) in [6, 6.07) is 25.8. The Labute approximate surface area is 145 Å². The Morgan fingerprint density at radius 3 is 2.12 bits per heavy atom. The van der Waals surface area contributed by atoms with E-state index in [1.54, 1.807) is 0 Å². The largest absolute Gasteiger partial charge is 0.398 e. The fraction of sp³-hybridized carbons (Fsp3) is 0. The number of hydrogen-bond acceptors (Lipinski definition) is 2. The Morgan fingerprint density at radius 2 is 1.38 bits per heavy atom. The first-order chi connectivity index (χ1) is 11.7. The van der Waals surface area contributed by atoms with Gasteiger partial charge < -0.3 is 5.73 Å². The van der Waals surface area contributed by atoms with Crippen LogP contribution in [-0.4, -0.2) is 4.98 Å². The summed E-state index contributed by atoms with van der Waals surface area (Å²) in [4.78, 5) is 4.89. The SMILES string of the molecule is Nc1c(-c2ccccc2)c(-c2ccc(Cl)cc2)nc2ccccc12. The Bertz CT molecular complexity index is 1010. The van der Waals surface area contributed by atoms with Crippen molar-refractivity contribution in [3.63, 3.8) is 0 Å². The average Bonchev–Trinajstić information content (AvgIpc) is 2.63. The Balaban J connectivity index is 2.09. The highest BCUT2D eigenvalue weighted by Crippen LogP contribution is 2.39. The maximum absolute atomic E-state index is 6.55. The molecule has 0 amide bonds. The van der Waals surface area contributed by atoms with Crippen LogP contribution in [0, 0.1) is 0 Å². The van der Waals surface area contributed by atoms with Crippen molar-refractivity contribution in [1.29, 1.82) is 0 Å². The van der Waals surface area contributed by atoms with Crippen molar-refractivity contribution in [2.75, 3.05) is 5.73 Å². The Morgan fingerprint density at radius 1 is 0.708 bits per heavy atom. The number of benzene rings is 3. The molecular formula is C21H15ClN2. The molecule has 116 valence electrons. The van der Waals surface area contributed by atoms with Gasteiger partial charge in [-0.1, -0.05) is 72.3 Å². The molecule has 2 N–H and O–H groups in total. The number of fused-ring (bicyclic) bond motifs is 1. The third-order valence-electron chi connectivity index (χ3n) is 4.11. The highest BCUT2D eigenvalue weighted by Gasteiger charge is 2.16. The predicted molar refractivity (Wildman–Crippen MR) is 102 cm³/mol. The van der Waals surface area contributed by atoms with Gasteiger partial charge in [0.15, 0.2) is 0 Å². The number of nitrogen functional groups attached to an aromatic ring is 1. The van der Waals surface area contributed by atoms with Crippen LogP contribution in [0.5, 0.6) is 0 Å². The Kier molecular flexibility index (Phi) is 3.68. The van der Waals surface area contributed by atoms with Gasteiger partial charge in [-0.2, -0.15) is 0 Å². The van der Waals surface area contributed by atoms with Gasteiger partial charge in [-0.05, 0) is 23.8 Å². The van der Waals surface area contributed by atoms with E-state index in [9.17, 15) is 0 Å². The first-order valence-corrected chi connectivity index (χ1v) is 8.11. The van der Waals surface area contributed by atoms with E-state index >= 15 is 0 Å². The van der Waals surface area contributed by atoms with E-state index in [-0.39, 0.29) is 0 Å². The molecule has 1 heterocycles. The van der Waals surface area contributed by atoms with Crippen molar-refractivity contribution in [1.82, 2.24) is 4.98 Å². The van der Waals surface area contributed by atoms with Crippen molar-refractivity contribution in [3.05, 3.63) is 83.9 Å². The van der Waals surface area contributed by atoms with Crippen LogP contribution in [-0.2, 0) is 0 Å². The number of hydrogen-bond donors (Lipinski definition) is 1. The lowest BCUT2D eigenvalue weighted by atomic mass is 9.95. The third kappa shape index (κ3) is 2.51. The second-order valence-corrected chi connectivity index (χ2v) is 6.08. The van der Waals surface area contributed by atoms with E-state index in [0.717, 1.165) is 39.0 Å². The van der Waals surface area contributed by atoms with Gasteiger partial charge in [0, 0.05) is 21.5 Å². The number of pyridine rings is 1. The molecule has 1 aromatic heterocycles. The van der Waals surface area contributed by atoms with Crippen LogP contribution in [0.15, 0.2) is 78.9 Å². The zero-order chi connectivity index (χ0) is 16.5. The van der Waals surface area contributed by atoms with Gasteiger partial charge in [0.05, 0.1) is 16.9 Å². The van der Waals surface area contributed by atoms with E-state index in [2.05, 4.69) is 12.1 Å². The van der Waals surface area contributed by atoms with E-state index in [1.165, 1.54) is 0 Å². The van der Waals surface area contributed by atoms with Crippen LogP contribution in [0.2, 0.25) is 5.02 Å². The number of nitrogens with zero attached hydrogens (tertiary/aromatic N) is 1. The van der Waals surface area contributed by atoms with Crippen LogP contribution >= 0.6 is 11.6 Å². The molecule has 4 rings (SSSR count). The van der Waals surface area contributed by atoms with Gasteiger partial charge in [-0.15, -0.1) is 0 Å². The normalized spacial score (nSPS) is 10.9. The molecular weight excluding hydrogens is 316 g/mol. The van der Waals surface area contributed by atoms with Gasteiger partial charge in [0.1, 0.15) is 0 Å². The molecule has 0 aliphatic rings. The predicted octanol–water partition coefficient (Wildman–Crippen LogP) is 5.80. The molecule has 0 radical (unpaired) electrons. The van der Waals surface area contributed by atoms with Crippen LogP contribution in [0.3, 0.4) is 0 Å². The quantitative estimate of drug-likeness (QED) is 0.504. The number of aromatic nitrogens is 1. The molecule has 3 heteroatoms. The molecule has 3 aromatic carbocycles. The highest BCUT2D eigenvalue weighted by atomic mass is 35.5. The van der Waals surface area contributed by atoms with E-state index in [1.807, 2.05) is 66.7 Å². The monoisotopic (exact) mass is 330 g/mol. The number of para-hydroxylation sites is 1. The van der Waals surface area contributed by atoms with E-state index < -0.39 is 0 Å². The van der Waals surface area contributed by atoms with Crippen LogP contribution in [0.4, 0.5) is 5.69 Å². The van der Waals surface area contributed by atoms with Crippen LogP contribution < -0.4 is 5.73 Å². The van der Waals surface area contributed by atoms with Gasteiger partial charge >= 0.3 is 0 Å². The molecule has 2 nitrogen and oxygen atoms in total. The number of anilines is 1. The van der Waals surface area contributed by atoms with E-state index in [0.29, 0.717) is 5.02 Å². The first kappa shape index (κ1) is 14.7. The van der Waals surface area contributed by atoms with Crippen LogP contribution in [0.1, 0.15) is 0 Å². The summed E-state index contributed by atoms with van der Waals surface area (Å²) in [5, 5.41) is 1.67. The summed E-state index contributed by atoms with van der Waals surface area (Å²) in [6.07, 6.45) is 0.